The lowest BCUT2D eigenvalue weighted by molar-refractivity contribution is 0.649. The number of rotatable bonds is 6. The summed E-state index contributed by atoms with van der Waals surface area (Å²) in [7, 11) is 0. The van der Waals surface area contributed by atoms with Crippen molar-refractivity contribution >= 4 is 5.69 Å². The van der Waals surface area contributed by atoms with E-state index in [-0.39, 0.29) is 5.56 Å². The van der Waals surface area contributed by atoms with Gasteiger partial charge in [0.1, 0.15) is 0 Å². The molecule has 0 amide bonds. The molecule has 3 nitrogen and oxygen atoms in total. The Morgan fingerprint density at radius 3 is 2.69 bits per heavy atom. The Balaban J connectivity index is 2.74. The molecular formula is C13H22N2O. The molecule has 0 saturated heterocycles. The maximum Gasteiger partial charge on any atom is 0.250 e. The molecule has 0 radical (unpaired) electrons. The van der Waals surface area contributed by atoms with Gasteiger partial charge >= 0.3 is 0 Å². The maximum absolute atomic E-state index is 11.5. The van der Waals surface area contributed by atoms with Gasteiger partial charge in [0.25, 0.3) is 5.56 Å². The lowest BCUT2D eigenvalue weighted by atomic mass is 10.2. The number of hydrogen-bond donors (Lipinski definition) is 1. The molecule has 16 heavy (non-hydrogen) atoms. The normalized spacial score (nSPS) is 12.4. The Hall–Kier alpha value is -1.25. The zero-order chi connectivity index (χ0) is 12.0. The van der Waals surface area contributed by atoms with Crippen molar-refractivity contribution < 1.29 is 0 Å². The molecule has 1 atom stereocenters. The molecule has 1 rings (SSSR count). The van der Waals surface area contributed by atoms with E-state index in [1.54, 1.807) is 10.6 Å². The van der Waals surface area contributed by atoms with E-state index in [2.05, 4.69) is 26.1 Å². The third kappa shape index (κ3) is 3.72. The smallest absolute Gasteiger partial charge is 0.250 e. The fourth-order valence-corrected chi connectivity index (χ4v) is 1.82. The van der Waals surface area contributed by atoms with Crippen molar-refractivity contribution in [3.05, 3.63) is 28.7 Å². The number of anilines is 1. The Kier molecular flexibility index (Phi) is 5.09. The predicted molar refractivity (Wildman–Crippen MR) is 69.0 cm³/mol. The van der Waals surface area contributed by atoms with E-state index >= 15 is 0 Å². The molecule has 0 bridgehead atoms. The highest BCUT2D eigenvalue weighted by Gasteiger charge is 2.02. The zero-order valence-corrected chi connectivity index (χ0v) is 10.5. The van der Waals surface area contributed by atoms with Crippen molar-refractivity contribution in [3.8, 4) is 0 Å². The number of pyridine rings is 1. The van der Waals surface area contributed by atoms with Gasteiger partial charge in [-0.2, -0.15) is 0 Å². The lowest BCUT2D eigenvalue weighted by Crippen LogP contribution is -2.21. The minimum absolute atomic E-state index is 0.0792. The molecule has 0 aliphatic heterocycles. The number of nitrogens with zero attached hydrogens (tertiary/aromatic N) is 1. The summed E-state index contributed by atoms with van der Waals surface area (Å²) in [4.78, 5) is 11.5. The van der Waals surface area contributed by atoms with Crippen LogP contribution in [0.2, 0.25) is 0 Å². The van der Waals surface area contributed by atoms with Gasteiger partial charge in [0.15, 0.2) is 0 Å². The Morgan fingerprint density at radius 1 is 1.31 bits per heavy atom. The number of hydrogen-bond acceptors (Lipinski definition) is 2. The standard InChI is InChI=1S/C13H22N2O/c1-4-6-11(3)14-12-7-8-13(16)15(10-12)9-5-2/h7-8,10-11,14H,4-6,9H2,1-3H3. The SMILES string of the molecule is CCCC(C)Nc1ccc(=O)n(CCC)c1. The van der Waals surface area contributed by atoms with Gasteiger partial charge in [-0.25, -0.2) is 0 Å². The Morgan fingerprint density at radius 2 is 2.06 bits per heavy atom. The van der Waals surface area contributed by atoms with Crippen molar-refractivity contribution in [2.24, 2.45) is 0 Å². The molecule has 90 valence electrons. The summed E-state index contributed by atoms with van der Waals surface area (Å²) in [5.74, 6) is 0. The Labute approximate surface area is 97.5 Å². The molecule has 0 aliphatic rings. The van der Waals surface area contributed by atoms with Crippen molar-refractivity contribution in [3.63, 3.8) is 0 Å². The molecular weight excluding hydrogens is 200 g/mol. The van der Waals surface area contributed by atoms with Crippen LogP contribution in [0.4, 0.5) is 5.69 Å². The number of aryl methyl sites for hydroxylation is 1. The van der Waals surface area contributed by atoms with Crippen molar-refractivity contribution in [2.75, 3.05) is 5.32 Å². The largest absolute Gasteiger partial charge is 0.381 e. The molecule has 3 heteroatoms. The summed E-state index contributed by atoms with van der Waals surface area (Å²) in [5.41, 5.74) is 1.12. The first kappa shape index (κ1) is 12.8. The maximum atomic E-state index is 11.5. The van der Waals surface area contributed by atoms with Gasteiger partial charge in [-0.3, -0.25) is 4.79 Å². The van der Waals surface area contributed by atoms with Crippen molar-refractivity contribution in [1.29, 1.82) is 0 Å². The van der Waals surface area contributed by atoms with Crippen molar-refractivity contribution in [2.45, 2.75) is 52.6 Å². The first-order valence-corrected chi connectivity index (χ1v) is 6.14. The summed E-state index contributed by atoms with van der Waals surface area (Å²) < 4.78 is 1.76. The van der Waals surface area contributed by atoms with Crippen LogP contribution in [0.25, 0.3) is 0 Å². The highest BCUT2D eigenvalue weighted by Crippen LogP contribution is 2.08. The zero-order valence-electron chi connectivity index (χ0n) is 10.5. The predicted octanol–water partition coefficient (Wildman–Crippen LogP) is 2.86. The second-order valence-electron chi connectivity index (χ2n) is 4.28. The van der Waals surface area contributed by atoms with Crippen LogP contribution < -0.4 is 10.9 Å². The minimum Gasteiger partial charge on any atom is -0.381 e. The van der Waals surface area contributed by atoms with E-state index in [1.165, 1.54) is 6.42 Å². The van der Waals surface area contributed by atoms with E-state index in [0.717, 1.165) is 25.1 Å². The van der Waals surface area contributed by atoms with Gasteiger partial charge in [0, 0.05) is 24.8 Å². The van der Waals surface area contributed by atoms with E-state index in [1.807, 2.05) is 12.3 Å². The van der Waals surface area contributed by atoms with Crippen LogP contribution in [0.15, 0.2) is 23.1 Å². The lowest BCUT2D eigenvalue weighted by Gasteiger charge is -2.15. The van der Waals surface area contributed by atoms with Crippen LogP contribution in [-0.2, 0) is 6.54 Å². The summed E-state index contributed by atoms with van der Waals surface area (Å²) in [6, 6.07) is 3.95. The van der Waals surface area contributed by atoms with Crippen LogP contribution in [-0.4, -0.2) is 10.6 Å². The second-order valence-corrected chi connectivity index (χ2v) is 4.28. The third-order valence-electron chi connectivity index (χ3n) is 2.58. The topological polar surface area (TPSA) is 34.0 Å². The van der Waals surface area contributed by atoms with E-state index < -0.39 is 0 Å². The van der Waals surface area contributed by atoms with Crippen LogP contribution >= 0.6 is 0 Å². The average molecular weight is 222 g/mol. The van der Waals surface area contributed by atoms with Gasteiger partial charge in [-0.1, -0.05) is 20.3 Å². The number of nitrogens with one attached hydrogen (secondary N) is 1. The van der Waals surface area contributed by atoms with Gasteiger partial charge in [-0.05, 0) is 25.8 Å². The first-order chi connectivity index (χ1) is 7.67. The highest BCUT2D eigenvalue weighted by atomic mass is 16.1. The molecule has 1 aromatic heterocycles. The summed E-state index contributed by atoms with van der Waals surface area (Å²) >= 11 is 0. The Bertz CT molecular complexity index is 370. The second kappa shape index (κ2) is 6.36. The fourth-order valence-electron chi connectivity index (χ4n) is 1.82. The minimum atomic E-state index is 0.0792. The van der Waals surface area contributed by atoms with Crippen LogP contribution in [0.5, 0.6) is 0 Å². The van der Waals surface area contributed by atoms with Gasteiger partial charge in [0.2, 0.25) is 0 Å². The molecule has 0 aromatic carbocycles. The number of aromatic nitrogens is 1. The third-order valence-corrected chi connectivity index (χ3v) is 2.58. The molecule has 1 unspecified atom stereocenters. The quantitative estimate of drug-likeness (QED) is 0.803. The van der Waals surface area contributed by atoms with Crippen molar-refractivity contribution in [1.82, 2.24) is 4.57 Å². The molecule has 0 saturated carbocycles. The fraction of sp³-hybridized carbons (Fsp3) is 0.615. The molecule has 0 fully saturated rings. The molecule has 1 N–H and O–H groups in total. The van der Waals surface area contributed by atoms with Crippen LogP contribution in [0.3, 0.4) is 0 Å². The summed E-state index contributed by atoms with van der Waals surface area (Å²) in [6.07, 6.45) is 5.21. The summed E-state index contributed by atoms with van der Waals surface area (Å²) in [5, 5.41) is 3.41. The van der Waals surface area contributed by atoms with E-state index in [4.69, 9.17) is 0 Å². The highest BCUT2D eigenvalue weighted by molar-refractivity contribution is 5.41. The van der Waals surface area contributed by atoms with E-state index in [0.29, 0.717) is 6.04 Å². The average Bonchev–Trinajstić information content (AvgIpc) is 2.24. The first-order valence-electron chi connectivity index (χ1n) is 6.14. The molecule has 0 aliphatic carbocycles. The summed E-state index contributed by atoms with van der Waals surface area (Å²) in [6.45, 7) is 7.21. The van der Waals surface area contributed by atoms with E-state index in [9.17, 15) is 4.79 Å². The molecule has 1 aromatic rings. The molecule has 1 heterocycles. The van der Waals surface area contributed by atoms with Crippen LogP contribution in [0.1, 0.15) is 40.0 Å². The molecule has 0 spiro atoms. The van der Waals surface area contributed by atoms with Gasteiger partial charge in [-0.15, -0.1) is 0 Å². The van der Waals surface area contributed by atoms with Gasteiger partial charge in [0.05, 0.1) is 5.69 Å². The monoisotopic (exact) mass is 222 g/mol. The van der Waals surface area contributed by atoms with Gasteiger partial charge < -0.3 is 9.88 Å². The van der Waals surface area contributed by atoms with Crippen LogP contribution in [0, 0.1) is 0 Å².